The first kappa shape index (κ1) is 23.5. The number of anilines is 1. The van der Waals surface area contributed by atoms with E-state index in [9.17, 15) is 10.1 Å². The molecule has 1 aromatic carbocycles. The minimum absolute atomic E-state index is 0.148. The van der Waals surface area contributed by atoms with Gasteiger partial charge in [-0.05, 0) is 49.1 Å². The molecular weight excluding hydrogens is 448 g/mol. The van der Waals surface area contributed by atoms with Crippen molar-refractivity contribution in [1.29, 1.82) is 5.26 Å². The number of carbonyl (C=O) groups is 1. The molecule has 0 aliphatic heterocycles. The average Bonchev–Trinajstić information content (AvgIpc) is 3.26. The van der Waals surface area contributed by atoms with E-state index in [1.807, 2.05) is 48.7 Å². The number of thioether (sulfide) groups is 1. The zero-order chi connectivity index (χ0) is 23.6. The highest BCUT2D eigenvalue weighted by atomic mass is 32.2. The van der Waals surface area contributed by atoms with E-state index in [4.69, 9.17) is 4.98 Å². The number of rotatable bonds is 5. The van der Waals surface area contributed by atoms with E-state index in [1.165, 1.54) is 28.7 Å². The first-order chi connectivity index (χ1) is 15.7. The summed E-state index contributed by atoms with van der Waals surface area (Å²) in [6.45, 7) is 8.66. The van der Waals surface area contributed by atoms with E-state index in [1.54, 1.807) is 0 Å². The van der Waals surface area contributed by atoms with Gasteiger partial charge in [-0.3, -0.25) is 4.79 Å². The van der Waals surface area contributed by atoms with Gasteiger partial charge >= 0.3 is 0 Å². The number of hydrogen-bond donors (Lipinski definition) is 1. The maximum atomic E-state index is 12.8. The summed E-state index contributed by atoms with van der Waals surface area (Å²) in [5, 5.41) is 15.4. The molecule has 0 saturated carbocycles. The summed E-state index contributed by atoms with van der Waals surface area (Å²) in [7, 11) is 0. The van der Waals surface area contributed by atoms with Crippen molar-refractivity contribution in [2.45, 2.75) is 57.2 Å². The summed E-state index contributed by atoms with van der Waals surface area (Å²) in [6, 6.07) is 14.2. The van der Waals surface area contributed by atoms with Crippen LogP contribution in [0.4, 0.5) is 5.13 Å². The van der Waals surface area contributed by atoms with Crippen LogP contribution in [-0.4, -0.2) is 21.1 Å². The van der Waals surface area contributed by atoms with Gasteiger partial charge in [0.1, 0.15) is 11.1 Å². The number of hydrogen-bond acceptors (Lipinski definition) is 6. The molecule has 0 saturated heterocycles. The summed E-state index contributed by atoms with van der Waals surface area (Å²) in [5.74, 6) is 0.436. The average molecular weight is 477 g/mol. The molecule has 170 valence electrons. The first-order valence-corrected chi connectivity index (χ1v) is 12.9. The smallest absolute Gasteiger partial charge is 0.239 e. The number of nitrogens with zero attached hydrogens (tertiary/aromatic N) is 3. The Bertz CT molecular complexity index is 1190. The minimum atomic E-state index is -0.405. The summed E-state index contributed by atoms with van der Waals surface area (Å²) in [6.07, 6.45) is 2.97. The second-order valence-corrected chi connectivity index (χ2v) is 11.7. The Morgan fingerprint density at radius 1 is 1.27 bits per heavy atom. The van der Waals surface area contributed by atoms with E-state index in [2.05, 4.69) is 37.1 Å². The SMILES string of the molecule is CC(Sc1nc2c(cc1C#N)CC(C(C)(C)C)CC2)C(=O)Nc1nc(-c2ccccc2)cs1. The van der Waals surface area contributed by atoms with Crippen molar-refractivity contribution in [3.8, 4) is 17.3 Å². The molecule has 0 bridgehead atoms. The van der Waals surface area contributed by atoms with Gasteiger partial charge in [-0.15, -0.1) is 11.3 Å². The van der Waals surface area contributed by atoms with Crippen LogP contribution in [-0.2, 0) is 17.6 Å². The molecule has 3 aromatic rings. The van der Waals surface area contributed by atoms with Crippen LogP contribution in [0, 0.1) is 22.7 Å². The number of fused-ring (bicyclic) bond motifs is 1. The lowest BCUT2D eigenvalue weighted by Crippen LogP contribution is -2.27. The Morgan fingerprint density at radius 2 is 2.03 bits per heavy atom. The summed E-state index contributed by atoms with van der Waals surface area (Å²) < 4.78 is 0. The largest absolute Gasteiger partial charge is 0.301 e. The van der Waals surface area contributed by atoms with E-state index in [0.717, 1.165) is 36.2 Å². The second-order valence-electron chi connectivity index (χ2n) is 9.52. The third-order valence-corrected chi connectivity index (χ3v) is 8.02. The van der Waals surface area contributed by atoms with Gasteiger partial charge < -0.3 is 5.32 Å². The van der Waals surface area contributed by atoms with Crippen LogP contribution in [0.5, 0.6) is 0 Å². The van der Waals surface area contributed by atoms with Crippen LogP contribution >= 0.6 is 23.1 Å². The monoisotopic (exact) mass is 476 g/mol. The quantitative estimate of drug-likeness (QED) is 0.434. The topological polar surface area (TPSA) is 78.7 Å². The number of nitriles is 1. The number of pyridine rings is 1. The molecule has 1 amide bonds. The second kappa shape index (κ2) is 9.66. The first-order valence-electron chi connectivity index (χ1n) is 11.2. The van der Waals surface area contributed by atoms with E-state index < -0.39 is 5.25 Å². The fourth-order valence-corrected chi connectivity index (χ4v) is 5.67. The van der Waals surface area contributed by atoms with Gasteiger partial charge in [-0.2, -0.15) is 5.26 Å². The van der Waals surface area contributed by atoms with Gasteiger partial charge in [0, 0.05) is 16.6 Å². The van der Waals surface area contributed by atoms with Crippen molar-refractivity contribution >= 4 is 34.1 Å². The van der Waals surface area contributed by atoms with Crippen molar-refractivity contribution in [3.63, 3.8) is 0 Å². The van der Waals surface area contributed by atoms with Gasteiger partial charge in [-0.1, -0.05) is 62.9 Å². The van der Waals surface area contributed by atoms with E-state index >= 15 is 0 Å². The van der Waals surface area contributed by atoms with Crippen LogP contribution in [0.3, 0.4) is 0 Å². The Morgan fingerprint density at radius 3 is 2.73 bits per heavy atom. The molecule has 1 aliphatic rings. The molecule has 0 fully saturated rings. The Hall–Kier alpha value is -2.69. The normalized spacial score (nSPS) is 16.5. The number of amides is 1. The van der Waals surface area contributed by atoms with Crippen molar-refractivity contribution < 1.29 is 4.79 Å². The lowest BCUT2D eigenvalue weighted by molar-refractivity contribution is -0.115. The molecule has 4 rings (SSSR count). The van der Waals surface area contributed by atoms with Crippen molar-refractivity contribution in [3.05, 3.63) is 58.6 Å². The maximum Gasteiger partial charge on any atom is 0.239 e. The van der Waals surface area contributed by atoms with E-state index in [0.29, 0.717) is 21.6 Å². The molecule has 2 aromatic heterocycles. The van der Waals surface area contributed by atoms with Crippen molar-refractivity contribution in [2.24, 2.45) is 11.3 Å². The summed E-state index contributed by atoms with van der Waals surface area (Å²) in [5.41, 5.74) is 4.89. The fourth-order valence-electron chi connectivity index (χ4n) is 4.06. The fraction of sp³-hybridized carbons (Fsp3) is 0.385. The van der Waals surface area contributed by atoms with Crippen LogP contribution < -0.4 is 5.32 Å². The number of thiazole rings is 1. The van der Waals surface area contributed by atoms with Crippen LogP contribution in [0.1, 0.15) is 50.9 Å². The van der Waals surface area contributed by atoms with Crippen LogP contribution in [0.25, 0.3) is 11.3 Å². The molecule has 2 unspecified atom stereocenters. The van der Waals surface area contributed by atoms with Crippen LogP contribution in [0.15, 0.2) is 46.8 Å². The molecule has 1 aliphatic carbocycles. The lowest BCUT2D eigenvalue weighted by Gasteiger charge is -2.34. The highest BCUT2D eigenvalue weighted by molar-refractivity contribution is 8.00. The highest BCUT2D eigenvalue weighted by Crippen LogP contribution is 2.38. The molecule has 33 heavy (non-hydrogen) atoms. The number of aromatic nitrogens is 2. The number of aryl methyl sites for hydroxylation is 1. The molecule has 0 radical (unpaired) electrons. The van der Waals surface area contributed by atoms with Gasteiger partial charge in [0.2, 0.25) is 5.91 Å². The third kappa shape index (κ3) is 5.45. The van der Waals surface area contributed by atoms with Gasteiger partial charge in [0.15, 0.2) is 5.13 Å². The summed E-state index contributed by atoms with van der Waals surface area (Å²) in [4.78, 5) is 22.2. The zero-order valence-corrected chi connectivity index (χ0v) is 21.0. The Kier molecular flexibility index (Phi) is 6.87. The van der Waals surface area contributed by atoms with Gasteiger partial charge in [0.25, 0.3) is 0 Å². The van der Waals surface area contributed by atoms with Gasteiger partial charge in [-0.25, -0.2) is 9.97 Å². The van der Waals surface area contributed by atoms with E-state index in [-0.39, 0.29) is 11.3 Å². The molecule has 1 N–H and O–H groups in total. The number of benzene rings is 1. The highest BCUT2D eigenvalue weighted by Gasteiger charge is 2.30. The van der Waals surface area contributed by atoms with Crippen molar-refractivity contribution in [1.82, 2.24) is 9.97 Å². The molecular formula is C26H28N4OS2. The summed E-state index contributed by atoms with van der Waals surface area (Å²) >= 11 is 2.74. The van der Waals surface area contributed by atoms with Crippen molar-refractivity contribution in [2.75, 3.05) is 5.32 Å². The molecule has 2 heterocycles. The Balaban J connectivity index is 1.45. The molecule has 2 atom stereocenters. The Labute approximate surface area is 203 Å². The maximum absolute atomic E-state index is 12.8. The predicted molar refractivity (Wildman–Crippen MR) is 135 cm³/mol. The van der Waals surface area contributed by atoms with Gasteiger partial charge in [0.05, 0.1) is 16.5 Å². The molecule has 0 spiro atoms. The predicted octanol–water partition coefficient (Wildman–Crippen LogP) is 6.35. The molecule has 7 heteroatoms. The lowest BCUT2D eigenvalue weighted by atomic mass is 9.71. The number of carbonyl (C=O) groups excluding carboxylic acids is 1. The standard InChI is InChI=1S/C26H28N4OS2/c1-16(23(31)30-25-29-22(15-32-25)17-8-6-5-7-9-17)33-24-19(14-27)12-18-13-20(26(2,3)4)10-11-21(18)28-24/h5-9,12,15-16,20H,10-11,13H2,1-4H3,(H,29,30,31). The zero-order valence-electron chi connectivity index (χ0n) is 19.4. The minimum Gasteiger partial charge on any atom is -0.301 e. The van der Waals surface area contributed by atoms with Crippen LogP contribution in [0.2, 0.25) is 0 Å². The molecule has 5 nitrogen and oxygen atoms in total. The third-order valence-electron chi connectivity index (χ3n) is 6.16. The number of nitrogens with one attached hydrogen (secondary N) is 1.